The third-order valence-electron chi connectivity index (χ3n) is 11.0. The number of hydrogen-bond acceptors (Lipinski definition) is 6. The Kier molecular flexibility index (Phi) is 11.3. The molecule has 4 aromatic carbocycles. The van der Waals surface area contributed by atoms with Gasteiger partial charge in [-0.3, -0.25) is 9.11 Å². The Hall–Kier alpha value is -3.96. The highest BCUT2D eigenvalue weighted by Crippen LogP contribution is 2.51. The van der Waals surface area contributed by atoms with Gasteiger partial charge >= 0.3 is 0 Å². The van der Waals surface area contributed by atoms with Gasteiger partial charge in [-0.15, -0.1) is 0 Å². The van der Waals surface area contributed by atoms with E-state index in [2.05, 4.69) is 141 Å². The molecule has 282 valence electrons. The minimum Gasteiger partial charge on any atom is -0.364 e. The second-order valence-electron chi connectivity index (χ2n) is 15.5. The van der Waals surface area contributed by atoms with Crippen molar-refractivity contribution in [3.05, 3.63) is 120 Å². The molecule has 0 aromatic heterocycles. The van der Waals surface area contributed by atoms with Crippen LogP contribution in [0.3, 0.4) is 0 Å². The molecule has 53 heavy (non-hydrogen) atoms. The summed E-state index contributed by atoms with van der Waals surface area (Å²) in [5.74, 6) is -0.475. The first-order valence-electron chi connectivity index (χ1n) is 18.6. The van der Waals surface area contributed by atoms with E-state index in [1.165, 1.54) is 38.4 Å². The van der Waals surface area contributed by atoms with Gasteiger partial charge in [0.05, 0.1) is 17.5 Å². The fraction of sp³-hybridized carbons (Fsp3) is 0.395. The molecule has 6 rings (SSSR count). The van der Waals surface area contributed by atoms with Crippen molar-refractivity contribution in [2.45, 2.75) is 83.1 Å². The van der Waals surface area contributed by atoms with Crippen LogP contribution >= 0.6 is 0 Å². The van der Waals surface area contributed by atoms with E-state index in [1.807, 2.05) is 0 Å². The van der Waals surface area contributed by atoms with E-state index < -0.39 is 20.2 Å². The zero-order valence-electron chi connectivity index (χ0n) is 31.2. The van der Waals surface area contributed by atoms with E-state index in [-0.39, 0.29) is 28.4 Å². The molecule has 0 bridgehead atoms. The van der Waals surface area contributed by atoms with Gasteiger partial charge in [-0.05, 0) is 89.4 Å². The highest BCUT2D eigenvalue weighted by atomic mass is 32.2. The molecule has 0 saturated carbocycles. The van der Waals surface area contributed by atoms with Crippen LogP contribution in [0.2, 0.25) is 0 Å². The Morgan fingerprint density at radius 3 is 1.83 bits per heavy atom. The van der Waals surface area contributed by atoms with Crippen LogP contribution in [-0.2, 0) is 31.1 Å². The van der Waals surface area contributed by atoms with Crippen LogP contribution in [0, 0.1) is 0 Å². The summed E-state index contributed by atoms with van der Waals surface area (Å²) in [6.07, 6.45) is 14.8. The quantitative estimate of drug-likeness (QED) is 0.0701. The number of fused-ring (bicyclic) bond motifs is 6. The molecular weight excluding hydrogens is 705 g/mol. The van der Waals surface area contributed by atoms with Crippen molar-refractivity contribution in [1.29, 1.82) is 0 Å². The molecular formula is C43H52N2O6S2. The molecule has 1 unspecified atom stereocenters. The second-order valence-corrected chi connectivity index (χ2v) is 18.6. The summed E-state index contributed by atoms with van der Waals surface area (Å²) in [7, 11) is -7.99. The lowest BCUT2D eigenvalue weighted by Crippen LogP contribution is -2.40. The standard InChI is InChI=1S/C43H52N2O6S2/c1-42(2)38(44(28-14-16-30-52(46,47)48)36-26-24-32-18-10-12-20-34(32)40(36)42)22-8-6-5-7-9-23-39-43(3,4)41-35-21-13-11-19-33(35)25-27-37(41)45(39)29-15-17-31-53(49,50)51/h6,8-13,18-27,39H,5,7,14-17,28-31H2,1-4H3,(H,46,47,48)(H,49,50,51)/b8-6+,23-9+,38-22-. The van der Waals surface area contributed by atoms with Gasteiger partial charge in [0, 0.05) is 41.0 Å². The van der Waals surface area contributed by atoms with Crippen LogP contribution < -0.4 is 9.80 Å². The van der Waals surface area contributed by atoms with Crippen LogP contribution in [0.25, 0.3) is 21.5 Å². The van der Waals surface area contributed by atoms with Crippen LogP contribution in [-0.4, -0.2) is 56.6 Å². The summed E-state index contributed by atoms with van der Waals surface area (Å²) < 4.78 is 64.1. The zero-order chi connectivity index (χ0) is 38.0. The number of hydrogen-bond donors (Lipinski definition) is 2. The average Bonchev–Trinajstić information content (AvgIpc) is 3.45. The van der Waals surface area contributed by atoms with E-state index >= 15 is 0 Å². The first-order valence-corrected chi connectivity index (χ1v) is 21.8. The lowest BCUT2D eigenvalue weighted by Gasteiger charge is -2.32. The van der Waals surface area contributed by atoms with Gasteiger partial charge in [-0.2, -0.15) is 16.8 Å². The monoisotopic (exact) mass is 756 g/mol. The van der Waals surface area contributed by atoms with Crippen LogP contribution in [0.1, 0.15) is 77.3 Å². The van der Waals surface area contributed by atoms with Gasteiger partial charge in [-0.25, -0.2) is 0 Å². The summed E-state index contributed by atoms with van der Waals surface area (Å²) in [5.41, 5.74) is 5.58. The minimum absolute atomic E-state index is 0.0853. The van der Waals surface area contributed by atoms with E-state index in [0.29, 0.717) is 38.8 Å². The first-order chi connectivity index (χ1) is 25.1. The van der Waals surface area contributed by atoms with E-state index in [4.69, 9.17) is 0 Å². The van der Waals surface area contributed by atoms with Gasteiger partial charge in [-0.1, -0.05) is 113 Å². The molecule has 0 spiro atoms. The number of unbranched alkanes of at least 4 members (excludes halogenated alkanes) is 3. The van der Waals surface area contributed by atoms with Crippen molar-refractivity contribution in [2.75, 3.05) is 34.4 Å². The Balaban J connectivity index is 1.19. The summed E-state index contributed by atoms with van der Waals surface area (Å²) in [4.78, 5) is 4.71. The maximum atomic E-state index is 11.4. The SMILES string of the molecule is CC1(C)/C(=C/C=C/CC/C=C/C2N(CCCCS(=O)(=O)O)c3ccc4ccccc4c3C2(C)C)N(CCCCS(=O)(=O)O)c2ccc3ccccc3c21. The second kappa shape index (κ2) is 15.4. The molecule has 0 amide bonds. The highest BCUT2D eigenvalue weighted by Gasteiger charge is 2.44. The summed E-state index contributed by atoms with van der Waals surface area (Å²) in [6.45, 7) is 10.4. The van der Waals surface area contributed by atoms with Gasteiger partial charge in [0.2, 0.25) is 0 Å². The van der Waals surface area contributed by atoms with Crippen molar-refractivity contribution in [2.24, 2.45) is 0 Å². The van der Waals surface area contributed by atoms with E-state index in [0.717, 1.165) is 24.2 Å². The third-order valence-corrected chi connectivity index (χ3v) is 12.6. The van der Waals surface area contributed by atoms with Crippen molar-refractivity contribution >= 4 is 53.2 Å². The maximum absolute atomic E-state index is 11.4. The molecule has 0 fully saturated rings. The summed E-state index contributed by atoms with van der Waals surface area (Å²) in [5, 5.41) is 4.84. The smallest absolute Gasteiger partial charge is 0.264 e. The molecule has 0 aliphatic carbocycles. The van der Waals surface area contributed by atoms with Gasteiger partial charge in [0.25, 0.3) is 20.2 Å². The van der Waals surface area contributed by atoms with Gasteiger partial charge in [0.15, 0.2) is 0 Å². The number of nitrogens with zero attached hydrogens (tertiary/aromatic N) is 2. The Morgan fingerprint density at radius 1 is 0.660 bits per heavy atom. The molecule has 2 N–H and O–H groups in total. The number of anilines is 2. The molecule has 2 aliphatic heterocycles. The minimum atomic E-state index is -4.00. The average molecular weight is 757 g/mol. The molecule has 10 heteroatoms. The fourth-order valence-corrected chi connectivity index (χ4v) is 9.68. The molecule has 8 nitrogen and oxygen atoms in total. The molecule has 0 saturated heterocycles. The fourth-order valence-electron chi connectivity index (χ4n) is 8.54. The molecule has 0 radical (unpaired) electrons. The molecule has 2 heterocycles. The van der Waals surface area contributed by atoms with Crippen molar-refractivity contribution in [1.82, 2.24) is 0 Å². The predicted molar refractivity (Wildman–Crippen MR) is 219 cm³/mol. The number of rotatable bonds is 15. The van der Waals surface area contributed by atoms with Crippen LogP contribution in [0.4, 0.5) is 11.4 Å². The predicted octanol–water partition coefficient (Wildman–Crippen LogP) is 9.37. The van der Waals surface area contributed by atoms with Gasteiger partial charge in [0.1, 0.15) is 0 Å². The van der Waals surface area contributed by atoms with Crippen LogP contribution in [0.5, 0.6) is 0 Å². The van der Waals surface area contributed by atoms with Crippen molar-refractivity contribution < 1.29 is 25.9 Å². The number of allylic oxidation sites excluding steroid dienone is 5. The highest BCUT2D eigenvalue weighted by molar-refractivity contribution is 7.86. The Morgan fingerprint density at radius 2 is 1.21 bits per heavy atom. The Labute approximate surface area is 315 Å². The lowest BCUT2D eigenvalue weighted by atomic mass is 9.78. The third kappa shape index (κ3) is 8.41. The summed E-state index contributed by atoms with van der Waals surface area (Å²) >= 11 is 0. The van der Waals surface area contributed by atoms with E-state index in [9.17, 15) is 25.9 Å². The molecule has 1 atom stereocenters. The van der Waals surface area contributed by atoms with Crippen molar-refractivity contribution in [3.8, 4) is 0 Å². The topological polar surface area (TPSA) is 115 Å². The molecule has 2 aliphatic rings. The van der Waals surface area contributed by atoms with E-state index in [1.54, 1.807) is 0 Å². The van der Waals surface area contributed by atoms with Crippen molar-refractivity contribution in [3.63, 3.8) is 0 Å². The first kappa shape index (κ1) is 38.8. The van der Waals surface area contributed by atoms with Gasteiger partial charge < -0.3 is 9.80 Å². The molecule has 4 aromatic rings. The summed E-state index contributed by atoms with van der Waals surface area (Å²) in [6, 6.07) is 25.6. The van der Waals surface area contributed by atoms with Crippen LogP contribution in [0.15, 0.2) is 109 Å². The lowest BCUT2D eigenvalue weighted by molar-refractivity contribution is 0.467. The Bertz CT molecular complexity index is 2290. The normalized spacial score (nSPS) is 19.0. The largest absolute Gasteiger partial charge is 0.364 e. The maximum Gasteiger partial charge on any atom is 0.264 e. The zero-order valence-corrected chi connectivity index (χ0v) is 32.8. The number of benzene rings is 4.